The lowest BCUT2D eigenvalue weighted by molar-refractivity contribution is -0.192. The number of aliphatic carboxylic acids is 1. The van der Waals surface area contributed by atoms with E-state index in [0.29, 0.717) is 24.3 Å². The highest BCUT2D eigenvalue weighted by Gasteiger charge is 2.38. The minimum absolute atomic E-state index is 0.0799. The third kappa shape index (κ3) is 4.16. The van der Waals surface area contributed by atoms with Gasteiger partial charge in [-0.25, -0.2) is 4.79 Å². The zero-order valence-corrected chi connectivity index (χ0v) is 9.40. The Morgan fingerprint density at radius 3 is 2.42 bits per heavy atom. The minimum atomic E-state index is -5.08. The van der Waals surface area contributed by atoms with E-state index >= 15 is 0 Å². The van der Waals surface area contributed by atoms with Gasteiger partial charge in [0.2, 0.25) is 0 Å². The van der Waals surface area contributed by atoms with Crippen LogP contribution in [0.25, 0.3) is 0 Å². The number of phenols is 1. The second-order valence-electron chi connectivity index (χ2n) is 3.51. The van der Waals surface area contributed by atoms with Crippen molar-refractivity contribution in [3.8, 4) is 11.5 Å². The Bertz CT molecular complexity index is 496. The van der Waals surface area contributed by atoms with Gasteiger partial charge in [0.25, 0.3) is 0 Å². The van der Waals surface area contributed by atoms with Gasteiger partial charge in [0.15, 0.2) is 5.78 Å². The van der Waals surface area contributed by atoms with Crippen molar-refractivity contribution in [3.05, 3.63) is 23.8 Å². The molecule has 1 aromatic carbocycles. The molecule has 0 aromatic heterocycles. The molecule has 0 spiro atoms. The van der Waals surface area contributed by atoms with Gasteiger partial charge in [0.05, 0.1) is 12.2 Å². The number of halogens is 3. The number of benzene rings is 1. The largest absolute Gasteiger partial charge is 0.508 e. The van der Waals surface area contributed by atoms with Crippen LogP contribution in [0.5, 0.6) is 11.5 Å². The lowest BCUT2D eigenvalue weighted by Crippen LogP contribution is -2.21. The van der Waals surface area contributed by atoms with E-state index in [4.69, 9.17) is 19.7 Å². The molecule has 0 fully saturated rings. The van der Waals surface area contributed by atoms with Gasteiger partial charge in [-0.3, -0.25) is 4.79 Å². The molecule has 2 rings (SSSR count). The molecule has 104 valence electrons. The molecule has 0 bridgehead atoms. The summed E-state index contributed by atoms with van der Waals surface area (Å²) < 4.78 is 36.9. The molecule has 0 amide bonds. The molecule has 8 heteroatoms. The molecule has 0 aliphatic carbocycles. The second kappa shape index (κ2) is 5.59. The summed E-state index contributed by atoms with van der Waals surface area (Å²) >= 11 is 0. The predicted molar refractivity (Wildman–Crippen MR) is 56.2 cm³/mol. The average Bonchev–Trinajstić information content (AvgIpc) is 2.28. The van der Waals surface area contributed by atoms with Gasteiger partial charge in [-0.1, -0.05) is 0 Å². The third-order valence-electron chi connectivity index (χ3n) is 2.09. The standard InChI is InChI=1S/C9H8O3.C2HF3O2/c10-6-1-2-7-8(11)3-4-12-9(7)5-6;3-2(4,5)1(6)7/h1-2,5,10H,3-4H2;(H,6,7). The first kappa shape index (κ1) is 14.8. The smallest absolute Gasteiger partial charge is 0.490 e. The number of carbonyl (C=O) groups is 2. The number of phenolic OH excluding ortho intramolecular Hbond substituents is 1. The number of rotatable bonds is 0. The van der Waals surface area contributed by atoms with Crippen molar-refractivity contribution in [2.45, 2.75) is 12.6 Å². The van der Waals surface area contributed by atoms with E-state index in [1.54, 1.807) is 6.07 Å². The van der Waals surface area contributed by atoms with E-state index in [9.17, 15) is 18.0 Å². The maximum atomic E-state index is 11.2. The summed E-state index contributed by atoms with van der Waals surface area (Å²) in [5.41, 5.74) is 0.569. The van der Waals surface area contributed by atoms with E-state index in [0.717, 1.165) is 0 Å². The lowest BCUT2D eigenvalue weighted by atomic mass is 10.1. The van der Waals surface area contributed by atoms with E-state index < -0.39 is 12.1 Å². The van der Waals surface area contributed by atoms with E-state index in [2.05, 4.69) is 0 Å². The highest BCUT2D eigenvalue weighted by atomic mass is 19.4. The number of hydrogen-bond donors (Lipinski definition) is 2. The van der Waals surface area contributed by atoms with Crippen molar-refractivity contribution in [2.75, 3.05) is 6.61 Å². The number of ether oxygens (including phenoxy) is 1. The number of Topliss-reactive ketones (excluding diaryl/α,β-unsaturated/α-hetero) is 1. The molecule has 19 heavy (non-hydrogen) atoms. The van der Waals surface area contributed by atoms with Crippen LogP contribution in [-0.2, 0) is 4.79 Å². The second-order valence-corrected chi connectivity index (χ2v) is 3.51. The summed E-state index contributed by atoms with van der Waals surface area (Å²) in [5.74, 6) is -2.06. The number of carbonyl (C=O) groups excluding carboxylic acids is 1. The van der Waals surface area contributed by atoms with Gasteiger partial charge in [-0.2, -0.15) is 13.2 Å². The normalized spacial score (nSPS) is 13.7. The molecular formula is C11H9F3O5. The van der Waals surface area contributed by atoms with Crippen molar-refractivity contribution >= 4 is 11.8 Å². The Kier molecular flexibility index (Phi) is 4.36. The maximum Gasteiger partial charge on any atom is 0.490 e. The van der Waals surface area contributed by atoms with Crippen LogP contribution in [0.3, 0.4) is 0 Å². The van der Waals surface area contributed by atoms with Gasteiger partial charge >= 0.3 is 12.1 Å². The average molecular weight is 278 g/mol. The predicted octanol–water partition coefficient (Wildman–Crippen LogP) is 1.99. The molecule has 0 saturated carbocycles. The first-order chi connectivity index (χ1) is 8.71. The number of alkyl halides is 3. The summed E-state index contributed by atoms with van der Waals surface area (Å²) in [5, 5.41) is 16.2. The summed E-state index contributed by atoms with van der Waals surface area (Å²) in [6.07, 6.45) is -4.65. The molecule has 0 unspecified atom stereocenters. The first-order valence-corrected chi connectivity index (χ1v) is 5.01. The SMILES string of the molecule is O=C(O)C(F)(F)F.O=C1CCOc2cc(O)ccc21. The molecule has 5 nitrogen and oxygen atoms in total. The van der Waals surface area contributed by atoms with Crippen LogP contribution in [-0.4, -0.2) is 34.7 Å². The van der Waals surface area contributed by atoms with Crippen LogP contribution in [0.15, 0.2) is 18.2 Å². The number of ketones is 1. The third-order valence-corrected chi connectivity index (χ3v) is 2.09. The fourth-order valence-corrected chi connectivity index (χ4v) is 1.25. The van der Waals surface area contributed by atoms with Gasteiger partial charge in [0.1, 0.15) is 11.5 Å². The summed E-state index contributed by atoms with van der Waals surface area (Å²) in [4.78, 5) is 20.1. The molecule has 2 N–H and O–H groups in total. The number of aromatic hydroxyl groups is 1. The van der Waals surface area contributed by atoms with Crippen LogP contribution >= 0.6 is 0 Å². The van der Waals surface area contributed by atoms with Crippen molar-refractivity contribution in [3.63, 3.8) is 0 Å². The fraction of sp³-hybridized carbons (Fsp3) is 0.273. The highest BCUT2D eigenvalue weighted by Crippen LogP contribution is 2.28. The van der Waals surface area contributed by atoms with Crippen LogP contribution in [0.2, 0.25) is 0 Å². The molecular weight excluding hydrogens is 269 g/mol. The maximum absolute atomic E-state index is 11.2. The minimum Gasteiger partial charge on any atom is -0.508 e. The molecule has 1 aliphatic heterocycles. The Morgan fingerprint density at radius 2 is 1.89 bits per heavy atom. The highest BCUT2D eigenvalue weighted by molar-refractivity contribution is 5.99. The molecule has 0 atom stereocenters. The number of carboxylic acid groups (broad SMARTS) is 1. The Labute approximate surface area is 105 Å². The van der Waals surface area contributed by atoms with Gasteiger partial charge in [0, 0.05) is 12.5 Å². The van der Waals surface area contributed by atoms with E-state index in [-0.39, 0.29) is 11.5 Å². The van der Waals surface area contributed by atoms with Crippen molar-refractivity contribution in [2.24, 2.45) is 0 Å². The summed E-state index contributed by atoms with van der Waals surface area (Å²) in [6, 6.07) is 4.55. The molecule has 1 heterocycles. The van der Waals surface area contributed by atoms with Gasteiger partial charge < -0.3 is 14.9 Å². The van der Waals surface area contributed by atoms with Crippen LogP contribution in [0.1, 0.15) is 16.8 Å². The van der Waals surface area contributed by atoms with Gasteiger partial charge in [-0.15, -0.1) is 0 Å². The summed E-state index contributed by atoms with van der Waals surface area (Å²) in [6.45, 7) is 0.412. The Morgan fingerprint density at radius 1 is 1.32 bits per heavy atom. The lowest BCUT2D eigenvalue weighted by Gasteiger charge is -2.15. The van der Waals surface area contributed by atoms with Crippen LogP contribution in [0.4, 0.5) is 13.2 Å². The van der Waals surface area contributed by atoms with E-state index in [1.807, 2.05) is 0 Å². The van der Waals surface area contributed by atoms with E-state index in [1.165, 1.54) is 12.1 Å². The topological polar surface area (TPSA) is 83.8 Å². The summed E-state index contributed by atoms with van der Waals surface area (Å²) in [7, 11) is 0. The monoisotopic (exact) mass is 278 g/mol. The molecule has 0 saturated heterocycles. The quantitative estimate of drug-likeness (QED) is 0.758. The zero-order chi connectivity index (χ0) is 14.6. The Balaban J connectivity index is 0.000000224. The number of carboxylic acids is 1. The number of fused-ring (bicyclic) bond motifs is 1. The van der Waals surface area contributed by atoms with Crippen molar-refractivity contribution in [1.29, 1.82) is 0 Å². The fourth-order valence-electron chi connectivity index (χ4n) is 1.25. The van der Waals surface area contributed by atoms with Crippen LogP contribution < -0.4 is 4.74 Å². The van der Waals surface area contributed by atoms with Crippen molar-refractivity contribution < 1.29 is 37.7 Å². The number of hydrogen-bond acceptors (Lipinski definition) is 4. The Hall–Kier alpha value is -2.25. The van der Waals surface area contributed by atoms with Crippen LogP contribution in [0, 0.1) is 0 Å². The molecule has 0 radical (unpaired) electrons. The first-order valence-electron chi connectivity index (χ1n) is 5.01. The van der Waals surface area contributed by atoms with Gasteiger partial charge in [-0.05, 0) is 12.1 Å². The molecule has 1 aromatic rings. The van der Waals surface area contributed by atoms with Crippen molar-refractivity contribution in [1.82, 2.24) is 0 Å². The zero-order valence-electron chi connectivity index (χ0n) is 9.40. The molecule has 1 aliphatic rings.